The topological polar surface area (TPSA) is 120 Å². The molecule has 0 amide bonds. The van der Waals surface area contributed by atoms with Crippen molar-refractivity contribution < 1.29 is 18.3 Å². The summed E-state index contributed by atoms with van der Waals surface area (Å²) in [6.07, 6.45) is 0. The summed E-state index contributed by atoms with van der Waals surface area (Å²) in [4.78, 5) is 20.4. The first-order chi connectivity index (χ1) is 13.1. The molecule has 0 unspecified atom stereocenters. The molecule has 0 radical (unpaired) electrons. The third kappa shape index (κ3) is 5.66. The first kappa shape index (κ1) is 25.3. The zero-order valence-corrected chi connectivity index (χ0v) is 23.8. The Kier molecular flexibility index (Phi) is 7.78. The van der Waals surface area contributed by atoms with Gasteiger partial charge in [0.1, 0.15) is 0 Å². The highest BCUT2D eigenvalue weighted by molar-refractivity contribution is 9.39. The number of benzene rings is 2. The minimum atomic E-state index is -4.28. The van der Waals surface area contributed by atoms with Gasteiger partial charge in [0.05, 0.1) is 19.6 Å². The lowest BCUT2D eigenvalue weighted by Gasteiger charge is -2.21. The minimum Gasteiger partial charge on any atom is -0.258 e. The predicted molar refractivity (Wildman–Crippen MR) is 129 cm³/mol. The smallest absolute Gasteiger partial charge is 0.258 e. The van der Waals surface area contributed by atoms with Gasteiger partial charge in [-0.2, -0.15) is 0 Å². The zero-order chi connectivity index (χ0) is 22.4. The summed E-state index contributed by atoms with van der Waals surface area (Å²) in [7, 11) is -4.28. The molecule has 0 heterocycles. The van der Waals surface area contributed by atoms with Crippen molar-refractivity contribution in [1.82, 2.24) is 0 Å². The van der Waals surface area contributed by atoms with Crippen LogP contribution in [0.2, 0.25) is 0 Å². The summed E-state index contributed by atoms with van der Waals surface area (Å²) in [6.45, 7) is 0. The van der Waals surface area contributed by atoms with E-state index in [-0.39, 0.29) is 32.3 Å². The second-order valence-corrected chi connectivity index (χ2v) is 20.8. The van der Waals surface area contributed by atoms with Gasteiger partial charge in [-0.25, -0.2) is 8.42 Å². The Labute approximate surface area is 214 Å². The molecule has 0 saturated carbocycles. The number of alkyl halides is 6. The van der Waals surface area contributed by atoms with Gasteiger partial charge in [0.15, 0.2) is 4.29 Å². The first-order valence-electron chi connectivity index (χ1n) is 7.03. The molecule has 0 saturated heterocycles. The summed E-state index contributed by atoms with van der Waals surface area (Å²) in [5.41, 5.74) is -0.608. The number of hydrogen-bond acceptors (Lipinski definition) is 6. The Bertz CT molecular complexity index is 1030. The molecule has 8 nitrogen and oxygen atoms in total. The molecular weight excluding hydrogens is 804 g/mol. The molecule has 156 valence electrons. The van der Waals surface area contributed by atoms with Gasteiger partial charge in [-0.05, 0) is 12.1 Å². The van der Waals surface area contributed by atoms with Gasteiger partial charge < -0.3 is 0 Å². The van der Waals surface area contributed by atoms with Crippen LogP contribution in [-0.2, 0) is 14.1 Å². The van der Waals surface area contributed by atoms with Crippen LogP contribution in [0.15, 0.2) is 46.2 Å². The minimum absolute atomic E-state index is 0.0142. The van der Waals surface area contributed by atoms with E-state index in [0.717, 1.165) is 36.4 Å². The monoisotopic (exact) mass is 804 g/mol. The molecule has 2 aromatic carbocycles. The van der Waals surface area contributed by atoms with Crippen LogP contribution in [0.1, 0.15) is 11.1 Å². The quantitative estimate of drug-likeness (QED) is 0.188. The van der Waals surface area contributed by atoms with Crippen LogP contribution in [0.5, 0.6) is 0 Å². The van der Waals surface area contributed by atoms with Crippen molar-refractivity contribution in [2.75, 3.05) is 0 Å². The molecule has 0 N–H and O–H groups in total. The number of nitro benzene ring substituents is 2. The second kappa shape index (κ2) is 8.90. The maximum atomic E-state index is 13.5. The normalized spacial score (nSPS) is 12.6. The van der Waals surface area contributed by atoms with E-state index < -0.39 is 24.0 Å². The average molecular weight is 810 g/mol. The lowest BCUT2D eigenvalue weighted by atomic mass is 10.2. The van der Waals surface area contributed by atoms with E-state index in [0.29, 0.717) is 0 Å². The molecule has 0 aromatic heterocycles. The molecule has 0 spiro atoms. The van der Waals surface area contributed by atoms with E-state index in [1.807, 2.05) is 0 Å². The number of rotatable bonds is 4. The molecule has 29 heavy (non-hydrogen) atoms. The standard InChI is InChI=1S/C14H6Br6N2O6S/c15-13(16,17)9-5-7(21(23)24)1-3-11(9)29(27,28)12-4-2-8(22(25)26)6-10(12)14(18,19)20/h1-6H. The van der Waals surface area contributed by atoms with E-state index in [1.54, 1.807) is 0 Å². The summed E-state index contributed by atoms with van der Waals surface area (Å²) in [5, 5.41) is 22.3. The molecule has 0 fully saturated rings. The zero-order valence-electron chi connectivity index (χ0n) is 13.5. The largest absolute Gasteiger partial charge is 0.269 e. The van der Waals surface area contributed by atoms with Crippen LogP contribution in [0.3, 0.4) is 0 Å². The SMILES string of the molecule is O=[N+]([O-])c1ccc(S(=O)(=O)c2ccc([N+](=O)[O-])cc2C(Br)(Br)Br)c(C(Br)(Br)Br)c1. The van der Waals surface area contributed by atoms with Crippen molar-refractivity contribution in [1.29, 1.82) is 0 Å². The third-order valence-electron chi connectivity index (χ3n) is 3.54. The van der Waals surface area contributed by atoms with Gasteiger partial charge in [0.2, 0.25) is 9.84 Å². The van der Waals surface area contributed by atoms with Gasteiger partial charge in [-0.1, -0.05) is 95.6 Å². The van der Waals surface area contributed by atoms with E-state index in [2.05, 4.69) is 95.6 Å². The molecule has 0 atom stereocenters. The summed E-state index contributed by atoms with van der Waals surface area (Å²) < 4.78 is 24.4. The van der Waals surface area contributed by atoms with Crippen LogP contribution in [-0.4, -0.2) is 18.3 Å². The maximum Gasteiger partial charge on any atom is 0.269 e. The Hall–Kier alpha value is 0.0700. The van der Waals surface area contributed by atoms with Crippen LogP contribution in [0.25, 0.3) is 0 Å². The van der Waals surface area contributed by atoms with Gasteiger partial charge in [-0.3, -0.25) is 20.2 Å². The third-order valence-corrected chi connectivity index (χ3v) is 7.97. The van der Waals surface area contributed by atoms with E-state index in [9.17, 15) is 28.6 Å². The van der Waals surface area contributed by atoms with Crippen molar-refractivity contribution >= 4 is 117 Å². The van der Waals surface area contributed by atoms with E-state index >= 15 is 0 Å². The van der Waals surface area contributed by atoms with E-state index in [4.69, 9.17) is 0 Å². The fourth-order valence-corrected chi connectivity index (χ4v) is 6.78. The van der Waals surface area contributed by atoms with E-state index in [1.165, 1.54) is 0 Å². The summed E-state index contributed by atoms with van der Waals surface area (Å²) >= 11 is 19.2. The number of hydrogen-bond donors (Lipinski definition) is 0. The Balaban J connectivity index is 2.87. The lowest BCUT2D eigenvalue weighted by molar-refractivity contribution is -0.385. The number of non-ortho nitro benzene ring substituents is 2. The predicted octanol–water partition coefficient (Wildman–Crippen LogP) is 6.93. The molecule has 0 aliphatic heterocycles. The fourth-order valence-electron chi connectivity index (χ4n) is 2.29. The highest BCUT2D eigenvalue weighted by Crippen LogP contribution is 2.51. The Morgan fingerprint density at radius 2 is 1.00 bits per heavy atom. The average Bonchev–Trinajstić information content (AvgIpc) is 2.59. The summed E-state index contributed by atoms with van der Waals surface area (Å²) in [5.74, 6) is 0. The summed E-state index contributed by atoms with van der Waals surface area (Å²) in [6, 6.07) is 6.52. The number of sulfone groups is 1. The van der Waals surface area contributed by atoms with Gasteiger partial charge >= 0.3 is 0 Å². The van der Waals surface area contributed by atoms with Crippen molar-refractivity contribution in [3.05, 3.63) is 67.8 Å². The molecule has 0 aliphatic rings. The van der Waals surface area contributed by atoms with Crippen LogP contribution in [0, 0.1) is 20.2 Å². The molecule has 15 heteroatoms. The van der Waals surface area contributed by atoms with Crippen LogP contribution < -0.4 is 0 Å². The first-order valence-corrected chi connectivity index (χ1v) is 13.3. The molecule has 0 bridgehead atoms. The lowest BCUT2D eigenvalue weighted by Crippen LogP contribution is -2.15. The Morgan fingerprint density at radius 1 is 0.690 bits per heavy atom. The number of nitrogens with zero attached hydrogens (tertiary/aromatic N) is 2. The fraction of sp³-hybridized carbons (Fsp3) is 0.143. The van der Waals surface area contributed by atoms with Gasteiger partial charge in [-0.15, -0.1) is 0 Å². The molecular formula is C14H6Br6N2O6S. The Morgan fingerprint density at radius 3 is 1.24 bits per heavy atom. The van der Waals surface area contributed by atoms with Crippen LogP contribution >= 0.6 is 95.6 Å². The highest BCUT2D eigenvalue weighted by atomic mass is 80.0. The van der Waals surface area contributed by atoms with Crippen molar-refractivity contribution in [2.24, 2.45) is 0 Å². The number of halogens is 6. The van der Waals surface area contributed by atoms with Gasteiger partial charge in [0, 0.05) is 35.4 Å². The molecule has 2 rings (SSSR count). The second-order valence-electron chi connectivity index (χ2n) is 5.37. The van der Waals surface area contributed by atoms with Crippen molar-refractivity contribution in [3.8, 4) is 0 Å². The number of nitro groups is 2. The molecule has 2 aromatic rings. The van der Waals surface area contributed by atoms with Crippen molar-refractivity contribution in [2.45, 2.75) is 14.1 Å². The highest BCUT2D eigenvalue weighted by Gasteiger charge is 2.37. The van der Waals surface area contributed by atoms with Gasteiger partial charge in [0.25, 0.3) is 11.4 Å². The maximum absolute atomic E-state index is 13.5. The van der Waals surface area contributed by atoms with Crippen molar-refractivity contribution in [3.63, 3.8) is 0 Å². The molecule has 0 aliphatic carbocycles. The van der Waals surface area contributed by atoms with Crippen LogP contribution in [0.4, 0.5) is 11.4 Å².